The lowest BCUT2D eigenvalue weighted by Crippen LogP contribution is -2.49. The predicted octanol–water partition coefficient (Wildman–Crippen LogP) is 4.57. The quantitative estimate of drug-likeness (QED) is 0.347. The minimum Gasteiger partial charge on any atom is -0.467 e. The molecule has 0 saturated carbocycles. The molecule has 36 heavy (non-hydrogen) atoms. The van der Waals surface area contributed by atoms with Crippen LogP contribution in [0.3, 0.4) is 0 Å². The molecule has 0 radical (unpaired) electrons. The molecule has 0 N–H and O–H groups in total. The van der Waals surface area contributed by atoms with Crippen LogP contribution in [-0.4, -0.2) is 92.8 Å². The highest BCUT2D eigenvalue weighted by atomic mass is 28.4. The van der Waals surface area contributed by atoms with Crippen LogP contribution in [0.4, 0.5) is 8.78 Å². The number of hydrogen-bond acceptors (Lipinski definition) is 8. The van der Waals surface area contributed by atoms with Gasteiger partial charge in [-0.1, -0.05) is 41.5 Å². The lowest BCUT2D eigenvalue weighted by Gasteiger charge is -2.39. The Hall–Kier alpha value is -0.926. The number of carbonyl (C=O) groups excluding carboxylic acids is 2. The fourth-order valence-electron chi connectivity index (χ4n) is 3.09. The second-order valence-corrected chi connectivity index (χ2v) is 21.8. The normalized spacial score (nSPS) is 29.4. The van der Waals surface area contributed by atoms with Crippen molar-refractivity contribution in [2.75, 3.05) is 27.4 Å². The second kappa shape index (κ2) is 12.3. The van der Waals surface area contributed by atoms with E-state index in [0.29, 0.717) is 0 Å². The maximum absolute atomic E-state index is 14.1. The third-order valence-electron chi connectivity index (χ3n) is 7.53. The van der Waals surface area contributed by atoms with Gasteiger partial charge in [0.05, 0.1) is 27.4 Å². The summed E-state index contributed by atoms with van der Waals surface area (Å²) in [7, 11) is -1.71. The van der Waals surface area contributed by atoms with Gasteiger partial charge in [0, 0.05) is 0 Å². The first kappa shape index (κ1) is 33.1. The van der Waals surface area contributed by atoms with E-state index in [-0.39, 0.29) is 23.3 Å². The van der Waals surface area contributed by atoms with E-state index in [9.17, 15) is 18.4 Å². The Morgan fingerprint density at radius 2 is 1.17 bits per heavy atom. The summed E-state index contributed by atoms with van der Waals surface area (Å²) in [6.45, 7) is 20.6. The van der Waals surface area contributed by atoms with Gasteiger partial charge in [-0.25, -0.2) is 18.4 Å². The smallest absolute Gasteiger partial charge is 0.338 e. The molecule has 0 aliphatic carbocycles. The standard InChI is InChI=1S/2C12H23FO4Si/c1-12(2,3)18(5,6)17-8-7-16-10(9(8)13)11(14)15-4;1-12(2,3)18(5,6)17-9-8(13)7-16-10(9)11(14)15-4/h2*8-10H,7H2,1-6H3/t8-,9+,10-;8-,9+,10+/m10/s1. The van der Waals surface area contributed by atoms with Crippen molar-refractivity contribution in [3.63, 3.8) is 0 Å². The number of carbonyl (C=O) groups is 2. The van der Waals surface area contributed by atoms with Crippen LogP contribution in [0.15, 0.2) is 0 Å². The summed E-state index contributed by atoms with van der Waals surface area (Å²) in [5.74, 6) is -1.25. The fraction of sp³-hybridized carbons (Fsp3) is 0.917. The first-order chi connectivity index (χ1) is 16.2. The monoisotopic (exact) mass is 556 g/mol. The lowest BCUT2D eigenvalue weighted by atomic mass is 10.2. The van der Waals surface area contributed by atoms with Gasteiger partial charge in [0.2, 0.25) is 0 Å². The number of halogens is 2. The van der Waals surface area contributed by atoms with Crippen molar-refractivity contribution >= 4 is 28.6 Å². The molecule has 6 atom stereocenters. The van der Waals surface area contributed by atoms with Gasteiger partial charge in [-0.2, -0.15) is 0 Å². The van der Waals surface area contributed by atoms with Crippen LogP contribution in [0.2, 0.25) is 36.3 Å². The molecule has 0 spiro atoms. The molecule has 0 aromatic heterocycles. The molecule has 0 unspecified atom stereocenters. The molecule has 2 aliphatic heterocycles. The Labute approximate surface area is 216 Å². The van der Waals surface area contributed by atoms with Gasteiger partial charge < -0.3 is 27.8 Å². The molecule has 212 valence electrons. The number of esters is 2. The summed E-state index contributed by atoms with van der Waals surface area (Å²) in [4.78, 5) is 22.8. The summed E-state index contributed by atoms with van der Waals surface area (Å²) in [6, 6.07) is 0. The molecule has 8 nitrogen and oxygen atoms in total. The molecule has 2 saturated heterocycles. The van der Waals surface area contributed by atoms with Crippen molar-refractivity contribution in [1.82, 2.24) is 0 Å². The average molecular weight is 557 g/mol. The predicted molar refractivity (Wildman–Crippen MR) is 137 cm³/mol. The van der Waals surface area contributed by atoms with Crippen LogP contribution in [0.1, 0.15) is 41.5 Å². The molecule has 2 fully saturated rings. The molecule has 0 bridgehead atoms. The lowest BCUT2D eigenvalue weighted by molar-refractivity contribution is -0.155. The van der Waals surface area contributed by atoms with E-state index in [1.165, 1.54) is 14.2 Å². The number of methoxy groups -OCH3 is 2. The van der Waals surface area contributed by atoms with Crippen LogP contribution in [0.5, 0.6) is 0 Å². The Balaban J connectivity index is 0.000000360. The van der Waals surface area contributed by atoms with Gasteiger partial charge in [-0.05, 0) is 36.3 Å². The average Bonchev–Trinajstić information content (AvgIpc) is 3.28. The Morgan fingerprint density at radius 1 is 0.750 bits per heavy atom. The Morgan fingerprint density at radius 3 is 1.61 bits per heavy atom. The molecule has 12 heteroatoms. The van der Waals surface area contributed by atoms with Crippen LogP contribution < -0.4 is 0 Å². The Bertz CT molecular complexity index is 751. The van der Waals surface area contributed by atoms with Gasteiger partial charge in [0.1, 0.15) is 12.2 Å². The van der Waals surface area contributed by atoms with Gasteiger partial charge in [-0.15, -0.1) is 0 Å². The first-order valence-corrected chi connectivity index (χ1v) is 18.0. The zero-order valence-electron chi connectivity index (χ0n) is 23.9. The molecule has 2 aliphatic rings. The van der Waals surface area contributed by atoms with E-state index < -0.39 is 65.3 Å². The highest BCUT2D eigenvalue weighted by Crippen LogP contribution is 2.40. The fourth-order valence-corrected chi connectivity index (χ4v) is 5.71. The third kappa shape index (κ3) is 8.03. The van der Waals surface area contributed by atoms with Gasteiger partial charge >= 0.3 is 11.9 Å². The maximum Gasteiger partial charge on any atom is 0.338 e. The van der Waals surface area contributed by atoms with Crippen LogP contribution in [0, 0.1) is 0 Å². The summed E-state index contributed by atoms with van der Waals surface area (Å²) in [6.07, 6.45) is -6.34. The second-order valence-electron chi connectivity index (χ2n) is 12.3. The third-order valence-corrected chi connectivity index (χ3v) is 16.5. The van der Waals surface area contributed by atoms with E-state index in [1.54, 1.807) is 0 Å². The molecular formula is C24H46F2O8Si2. The topological polar surface area (TPSA) is 89.5 Å². The van der Waals surface area contributed by atoms with Crippen molar-refractivity contribution < 1.29 is 46.2 Å². The summed E-state index contributed by atoms with van der Waals surface area (Å²) in [5.41, 5.74) is 0. The number of hydrogen-bond donors (Lipinski definition) is 0. The molecule has 0 aromatic rings. The summed E-state index contributed by atoms with van der Waals surface area (Å²) < 4.78 is 59.2. The van der Waals surface area contributed by atoms with Gasteiger partial charge in [-0.3, -0.25) is 0 Å². The zero-order valence-corrected chi connectivity index (χ0v) is 25.9. The molecule has 0 amide bonds. The molecule has 0 aromatic carbocycles. The van der Waals surface area contributed by atoms with E-state index in [2.05, 4.69) is 51.0 Å². The molecule has 2 rings (SSSR count). The number of alkyl halides is 2. The minimum atomic E-state index is -2.14. The van der Waals surface area contributed by atoms with Crippen LogP contribution in [-0.2, 0) is 37.4 Å². The zero-order chi connectivity index (χ0) is 28.3. The number of rotatable bonds is 6. The SMILES string of the molecule is COC(=O)[C@@H]1OC[C@@H](O[Si](C)(C)C(C)(C)C)[C@@H]1F.COC(=O)[C@@H]1OC[C@H](F)[C@H]1O[Si](C)(C)C(C)(C)C. The van der Waals surface area contributed by atoms with Gasteiger partial charge in [0.15, 0.2) is 41.2 Å². The maximum atomic E-state index is 14.1. The highest BCUT2D eigenvalue weighted by Gasteiger charge is 2.50. The van der Waals surface area contributed by atoms with E-state index in [0.717, 1.165) is 0 Å². The number of ether oxygens (including phenoxy) is 4. The van der Waals surface area contributed by atoms with Crippen molar-refractivity contribution in [2.24, 2.45) is 0 Å². The summed E-state index contributed by atoms with van der Waals surface area (Å²) in [5, 5.41) is -0.0496. The molecule has 2 heterocycles. The largest absolute Gasteiger partial charge is 0.467 e. The van der Waals surface area contributed by atoms with Crippen molar-refractivity contribution in [3.8, 4) is 0 Å². The van der Waals surface area contributed by atoms with E-state index >= 15 is 0 Å². The van der Waals surface area contributed by atoms with E-state index in [4.69, 9.17) is 18.3 Å². The Kier molecular flexibility index (Phi) is 11.3. The van der Waals surface area contributed by atoms with Crippen LogP contribution >= 0.6 is 0 Å². The van der Waals surface area contributed by atoms with Gasteiger partial charge in [0.25, 0.3) is 0 Å². The molecular weight excluding hydrogens is 510 g/mol. The highest BCUT2D eigenvalue weighted by molar-refractivity contribution is 6.74. The van der Waals surface area contributed by atoms with E-state index in [1.807, 2.05) is 26.2 Å². The summed E-state index contributed by atoms with van der Waals surface area (Å²) >= 11 is 0. The first-order valence-electron chi connectivity index (χ1n) is 12.2. The minimum absolute atomic E-state index is 0.00390. The van der Waals surface area contributed by atoms with Crippen LogP contribution in [0.25, 0.3) is 0 Å². The van der Waals surface area contributed by atoms with Crippen molar-refractivity contribution in [1.29, 1.82) is 0 Å². The van der Waals surface area contributed by atoms with Crippen molar-refractivity contribution in [3.05, 3.63) is 0 Å². The van der Waals surface area contributed by atoms with Crippen molar-refractivity contribution in [2.45, 2.75) is 115 Å².